The third kappa shape index (κ3) is 3.97. The van der Waals surface area contributed by atoms with Gasteiger partial charge in [0, 0.05) is 31.9 Å². The zero-order chi connectivity index (χ0) is 20.4. The van der Waals surface area contributed by atoms with Crippen LogP contribution in [-0.2, 0) is 0 Å². The predicted octanol–water partition coefficient (Wildman–Crippen LogP) is 4.10. The molecule has 6 heteroatoms. The van der Waals surface area contributed by atoms with Crippen molar-refractivity contribution >= 4 is 17.2 Å². The van der Waals surface area contributed by atoms with Crippen molar-refractivity contribution in [2.24, 2.45) is 0 Å². The molecule has 0 spiro atoms. The van der Waals surface area contributed by atoms with E-state index in [-0.39, 0.29) is 0 Å². The standard InChI is InChI=1S/C23H27N5O/c1-16-7-9-19(10-8-16)29-23-21(24)22(25-15-26-23)28-13-11-27(12-14-28)20-6-4-5-17(2)18(20)3/h4-10,15H,11-14,24H2,1-3H3. The number of hydrogen-bond donors (Lipinski definition) is 1. The van der Waals surface area contributed by atoms with Crippen molar-refractivity contribution in [3.8, 4) is 11.6 Å². The van der Waals surface area contributed by atoms with Crippen LogP contribution in [0.1, 0.15) is 16.7 Å². The Morgan fingerprint density at radius 3 is 2.28 bits per heavy atom. The molecule has 0 saturated carbocycles. The van der Waals surface area contributed by atoms with Gasteiger partial charge in [-0.3, -0.25) is 0 Å². The minimum absolute atomic E-state index is 0.399. The van der Waals surface area contributed by atoms with E-state index in [4.69, 9.17) is 10.5 Å². The lowest BCUT2D eigenvalue weighted by molar-refractivity contribution is 0.463. The van der Waals surface area contributed by atoms with Gasteiger partial charge in [-0.05, 0) is 50.1 Å². The van der Waals surface area contributed by atoms with E-state index in [1.54, 1.807) is 0 Å². The number of nitrogen functional groups attached to an aromatic ring is 1. The Morgan fingerprint density at radius 1 is 0.862 bits per heavy atom. The number of aryl methyl sites for hydroxylation is 2. The van der Waals surface area contributed by atoms with Gasteiger partial charge in [0.1, 0.15) is 17.8 Å². The number of benzene rings is 2. The highest BCUT2D eigenvalue weighted by Crippen LogP contribution is 2.32. The van der Waals surface area contributed by atoms with Crippen molar-refractivity contribution in [3.63, 3.8) is 0 Å². The van der Waals surface area contributed by atoms with Crippen molar-refractivity contribution in [2.45, 2.75) is 20.8 Å². The topological polar surface area (TPSA) is 67.5 Å². The quantitative estimate of drug-likeness (QED) is 0.724. The smallest absolute Gasteiger partial charge is 0.248 e. The summed E-state index contributed by atoms with van der Waals surface area (Å²) in [6.07, 6.45) is 1.52. The molecule has 0 unspecified atom stereocenters. The van der Waals surface area contributed by atoms with Crippen LogP contribution in [0.25, 0.3) is 0 Å². The van der Waals surface area contributed by atoms with Gasteiger partial charge in [0.2, 0.25) is 5.88 Å². The summed E-state index contributed by atoms with van der Waals surface area (Å²) in [6, 6.07) is 14.3. The zero-order valence-electron chi connectivity index (χ0n) is 17.2. The summed E-state index contributed by atoms with van der Waals surface area (Å²) >= 11 is 0. The van der Waals surface area contributed by atoms with Crippen LogP contribution >= 0.6 is 0 Å². The average Bonchev–Trinajstić information content (AvgIpc) is 2.73. The van der Waals surface area contributed by atoms with Gasteiger partial charge in [-0.2, -0.15) is 4.98 Å². The number of ether oxygens (including phenoxy) is 1. The summed E-state index contributed by atoms with van der Waals surface area (Å²) in [7, 11) is 0. The molecule has 0 amide bonds. The SMILES string of the molecule is Cc1ccc(Oc2ncnc(N3CCN(c4cccc(C)c4C)CC3)c2N)cc1. The summed E-state index contributed by atoms with van der Waals surface area (Å²) in [5, 5.41) is 0. The lowest BCUT2D eigenvalue weighted by atomic mass is 10.1. The van der Waals surface area contributed by atoms with Gasteiger partial charge < -0.3 is 20.3 Å². The summed E-state index contributed by atoms with van der Waals surface area (Å²) in [6.45, 7) is 9.92. The second-order valence-electron chi connectivity index (χ2n) is 7.52. The molecule has 2 N–H and O–H groups in total. The number of aromatic nitrogens is 2. The van der Waals surface area contributed by atoms with Gasteiger partial charge in [-0.25, -0.2) is 4.98 Å². The fourth-order valence-electron chi connectivity index (χ4n) is 3.66. The molecule has 1 aliphatic heterocycles. The van der Waals surface area contributed by atoms with E-state index in [0.29, 0.717) is 17.3 Å². The Morgan fingerprint density at radius 2 is 1.55 bits per heavy atom. The van der Waals surface area contributed by atoms with E-state index in [1.807, 2.05) is 31.2 Å². The molecule has 1 aliphatic rings. The molecule has 4 rings (SSSR count). The van der Waals surface area contributed by atoms with E-state index in [0.717, 1.165) is 32.0 Å². The summed E-state index contributed by atoms with van der Waals surface area (Å²) in [4.78, 5) is 13.3. The average molecular weight is 390 g/mol. The van der Waals surface area contributed by atoms with Crippen molar-refractivity contribution < 1.29 is 4.74 Å². The zero-order valence-corrected chi connectivity index (χ0v) is 17.2. The fraction of sp³-hybridized carbons (Fsp3) is 0.304. The first-order valence-electron chi connectivity index (χ1n) is 9.94. The van der Waals surface area contributed by atoms with Gasteiger partial charge in [-0.15, -0.1) is 0 Å². The Kier molecular flexibility index (Phi) is 5.25. The maximum absolute atomic E-state index is 6.38. The third-order valence-corrected chi connectivity index (χ3v) is 5.56. The first kappa shape index (κ1) is 19.1. The summed E-state index contributed by atoms with van der Waals surface area (Å²) < 4.78 is 5.90. The molecular weight excluding hydrogens is 362 g/mol. The number of nitrogens with two attached hydrogens (primary N) is 1. The normalized spacial score (nSPS) is 14.2. The van der Waals surface area contributed by atoms with Crippen LogP contribution in [0.4, 0.5) is 17.2 Å². The molecular formula is C23H27N5O. The summed E-state index contributed by atoms with van der Waals surface area (Å²) in [5.74, 6) is 1.85. The molecule has 3 aromatic rings. The molecule has 2 aromatic carbocycles. The van der Waals surface area contributed by atoms with E-state index < -0.39 is 0 Å². The van der Waals surface area contributed by atoms with Crippen LogP contribution in [0, 0.1) is 20.8 Å². The van der Waals surface area contributed by atoms with Crippen LogP contribution in [-0.4, -0.2) is 36.1 Å². The molecule has 0 aliphatic carbocycles. The van der Waals surface area contributed by atoms with Gasteiger partial charge in [-0.1, -0.05) is 29.8 Å². The van der Waals surface area contributed by atoms with Crippen LogP contribution in [0.3, 0.4) is 0 Å². The van der Waals surface area contributed by atoms with Crippen molar-refractivity contribution in [1.82, 2.24) is 9.97 Å². The van der Waals surface area contributed by atoms with E-state index in [1.165, 1.54) is 28.7 Å². The number of hydrogen-bond acceptors (Lipinski definition) is 6. The summed E-state index contributed by atoms with van der Waals surface area (Å²) in [5.41, 5.74) is 12.0. The number of anilines is 3. The molecule has 1 aromatic heterocycles. The highest BCUT2D eigenvalue weighted by molar-refractivity contribution is 5.69. The monoisotopic (exact) mass is 389 g/mol. The first-order chi connectivity index (χ1) is 14.0. The molecule has 0 radical (unpaired) electrons. The maximum atomic E-state index is 6.38. The molecule has 1 saturated heterocycles. The maximum Gasteiger partial charge on any atom is 0.248 e. The molecule has 1 fully saturated rings. The van der Waals surface area contributed by atoms with Crippen molar-refractivity contribution in [2.75, 3.05) is 41.7 Å². The van der Waals surface area contributed by atoms with Crippen LogP contribution in [0.2, 0.25) is 0 Å². The molecule has 150 valence electrons. The minimum atomic E-state index is 0.399. The molecule has 0 bridgehead atoms. The molecule has 29 heavy (non-hydrogen) atoms. The Bertz CT molecular complexity index is 995. The largest absolute Gasteiger partial charge is 0.437 e. The van der Waals surface area contributed by atoms with Crippen LogP contribution < -0.4 is 20.3 Å². The van der Waals surface area contributed by atoms with E-state index >= 15 is 0 Å². The van der Waals surface area contributed by atoms with Crippen LogP contribution in [0.5, 0.6) is 11.6 Å². The van der Waals surface area contributed by atoms with E-state index in [2.05, 4.69) is 51.8 Å². The Labute approximate surface area is 172 Å². The van der Waals surface area contributed by atoms with Gasteiger partial charge in [0.15, 0.2) is 5.82 Å². The molecule has 0 atom stereocenters. The van der Waals surface area contributed by atoms with Crippen LogP contribution in [0.15, 0.2) is 48.8 Å². The number of rotatable bonds is 4. The highest BCUT2D eigenvalue weighted by Gasteiger charge is 2.23. The highest BCUT2D eigenvalue weighted by atomic mass is 16.5. The third-order valence-electron chi connectivity index (χ3n) is 5.56. The Hall–Kier alpha value is -3.28. The minimum Gasteiger partial charge on any atom is -0.437 e. The van der Waals surface area contributed by atoms with Crippen molar-refractivity contribution in [3.05, 3.63) is 65.5 Å². The predicted molar refractivity (Wildman–Crippen MR) is 118 cm³/mol. The van der Waals surface area contributed by atoms with Crippen molar-refractivity contribution in [1.29, 1.82) is 0 Å². The number of piperazine rings is 1. The Balaban J connectivity index is 1.48. The fourth-order valence-corrected chi connectivity index (χ4v) is 3.66. The molecule has 2 heterocycles. The van der Waals surface area contributed by atoms with E-state index in [9.17, 15) is 0 Å². The first-order valence-corrected chi connectivity index (χ1v) is 9.94. The van der Waals surface area contributed by atoms with Gasteiger partial charge in [0.05, 0.1) is 0 Å². The second kappa shape index (κ2) is 7.99. The molecule has 6 nitrogen and oxygen atoms in total. The lowest BCUT2D eigenvalue weighted by Crippen LogP contribution is -2.47. The number of nitrogens with zero attached hydrogens (tertiary/aromatic N) is 4. The van der Waals surface area contributed by atoms with Gasteiger partial charge in [0.25, 0.3) is 0 Å². The van der Waals surface area contributed by atoms with Gasteiger partial charge >= 0.3 is 0 Å². The lowest BCUT2D eigenvalue weighted by Gasteiger charge is -2.38. The second-order valence-corrected chi connectivity index (χ2v) is 7.52.